The van der Waals surface area contributed by atoms with E-state index in [0.29, 0.717) is 6.47 Å². The molecule has 0 bridgehead atoms. The van der Waals surface area contributed by atoms with Gasteiger partial charge in [0.15, 0.2) is 0 Å². The number of carbonyl (C=O) groups excluding carboxylic acids is 3. The Kier molecular flexibility index (Phi) is 13.8. The molecule has 0 saturated carbocycles. The molecule has 0 unspecified atom stereocenters. The SMILES string of the molecule is CCc1ccc(OC)c(Br)c1.COc1ccc(COC=O)cc1Br.O=C=O. The van der Waals surface area contributed by atoms with Gasteiger partial charge in [0.25, 0.3) is 6.47 Å². The van der Waals surface area contributed by atoms with Crippen molar-refractivity contribution in [3.05, 3.63) is 56.5 Å². The summed E-state index contributed by atoms with van der Waals surface area (Å²) < 4.78 is 16.6. The quantitative estimate of drug-likeness (QED) is 0.537. The van der Waals surface area contributed by atoms with E-state index >= 15 is 0 Å². The maximum atomic E-state index is 9.93. The van der Waals surface area contributed by atoms with Gasteiger partial charge in [-0.1, -0.05) is 19.1 Å². The summed E-state index contributed by atoms with van der Waals surface area (Å²) in [6.07, 6.45) is 1.31. The molecule has 0 radical (unpaired) electrons. The van der Waals surface area contributed by atoms with Crippen molar-refractivity contribution in [1.82, 2.24) is 0 Å². The maximum Gasteiger partial charge on any atom is 0.373 e. The summed E-state index contributed by atoms with van der Waals surface area (Å²) in [4.78, 5) is 26.2. The van der Waals surface area contributed by atoms with Crippen LogP contribution in [0.15, 0.2) is 45.3 Å². The molecule has 27 heavy (non-hydrogen) atoms. The van der Waals surface area contributed by atoms with Crippen LogP contribution in [-0.2, 0) is 32.1 Å². The predicted octanol–water partition coefficient (Wildman–Crippen LogP) is 4.57. The highest BCUT2D eigenvalue weighted by molar-refractivity contribution is 9.10. The van der Waals surface area contributed by atoms with Crippen LogP contribution in [0, 0.1) is 0 Å². The van der Waals surface area contributed by atoms with Crippen LogP contribution < -0.4 is 9.47 Å². The van der Waals surface area contributed by atoms with Crippen LogP contribution in [0.4, 0.5) is 0 Å². The first-order valence-corrected chi connectivity index (χ1v) is 9.25. The molecule has 2 aromatic carbocycles. The van der Waals surface area contributed by atoms with Gasteiger partial charge in [-0.2, -0.15) is 9.59 Å². The van der Waals surface area contributed by atoms with Crippen molar-refractivity contribution < 1.29 is 28.6 Å². The second-order valence-electron chi connectivity index (χ2n) is 4.78. The molecule has 0 aliphatic carbocycles. The summed E-state index contributed by atoms with van der Waals surface area (Å²) in [5.41, 5.74) is 2.23. The number of halogens is 2. The molecule has 2 rings (SSSR count). The summed E-state index contributed by atoms with van der Waals surface area (Å²) in [7, 11) is 3.27. The van der Waals surface area contributed by atoms with Crippen LogP contribution in [-0.4, -0.2) is 26.8 Å². The van der Waals surface area contributed by atoms with Gasteiger partial charge in [0.1, 0.15) is 18.1 Å². The molecule has 0 atom stereocenters. The first-order valence-electron chi connectivity index (χ1n) is 7.66. The average Bonchev–Trinajstić information content (AvgIpc) is 2.67. The average molecular weight is 504 g/mol. The van der Waals surface area contributed by atoms with E-state index in [-0.39, 0.29) is 12.8 Å². The van der Waals surface area contributed by atoms with Gasteiger partial charge in [0.2, 0.25) is 0 Å². The minimum Gasteiger partial charge on any atom is -0.496 e. The van der Waals surface area contributed by atoms with Crippen molar-refractivity contribution in [3.63, 3.8) is 0 Å². The van der Waals surface area contributed by atoms with Crippen LogP contribution in [0.25, 0.3) is 0 Å². The maximum absolute atomic E-state index is 9.93. The monoisotopic (exact) mass is 502 g/mol. The normalized spacial score (nSPS) is 8.78. The van der Waals surface area contributed by atoms with Gasteiger partial charge in [-0.05, 0) is 73.7 Å². The number of ether oxygens (including phenoxy) is 3. The number of benzene rings is 2. The van der Waals surface area contributed by atoms with Crippen LogP contribution >= 0.6 is 31.9 Å². The summed E-state index contributed by atoms with van der Waals surface area (Å²) in [5.74, 6) is 1.65. The van der Waals surface area contributed by atoms with Gasteiger partial charge in [-0.15, -0.1) is 0 Å². The van der Waals surface area contributed by atoms with Crippen LogP contribution in [0.2, 0.25) is 0 Å². The van der Waals surface area contributed by atoms with Crippen LogP contribution in [0.1, 0.15) is 18.1 Å². The molecule has 0 aromatic heterocycles. The molecule has 8 heteroatoms. The molecular formula is C19H20Br2O6. The topological polar surface area (TPSA) is 78.9 Å². The second-order valence-corrected chi connectivity index (χ2v) is 6.49. The molecule has 146 valence electrons. The fourth-order valence-electron chi connectivity index (χ4n) is 1.86. The Morgan fingerprint density at radius 3 is 1.74 bits per heavy atom. The Balaban J connectivity index is 0.000000442. The largest absolute Gasteiger partial charge is 0.496 e. The fourth-order valence-corrected chi connectivity index (χ4v) is 3.04. The summed E-state index contributed by atoms with van der Waals surface area (Å²) in [5, 5.41) is 0. The van der Waals surface area contributed by atoms with Gasteiger partial charge in [0, 0.05) is 0 Å². The molecule has 0 N–H and O–H groups in total. The molecule has 0 saturated heterocycles. The van der Waals surface area contributed by atoms with Crippen molar-refractivity contribution in [3.8, 4) is 11.5 Å². The van der Waals surface area contributed by atoms with E-state index in [1.165, 1.54) is 5.56 Å². The molecular weight excluding hydrogens is 484 g/mol. The van der Waals surface area contributed by atoms with Crippen molar-refractivity contribution in [2.45, 2.75) is 20.0 Å². The van der Waals surface area contributed by atoms with Crippen molar-refractivity contribution in [2.24, 2.45) is 0 Å². The van der Waals surface area contributed by atoms with Gasteiger partial charge >= 0.3 is 6.15 Å². The third kappa shape index (κ3) is 9.94. The Bertz CT molecular complexity index is 743. The van der Waals surface area contributed by atoms with Crippen LogP contribution in [0.3, 0.4) is 0 Å². The lowest BCUT2D eigenvalue weighted by atomic mass is 10.2. The zero-order valence-electron chi connectivity index (χ0n) is 15.2. The van der Waals surface area contributed by atoms with E-state index in [1.54, 1.807) is 14.2 Å². The van der Waals surface area contributed by atoms with E-state index < -0.39 is 0 Å². The Labute approximate surface area is 175 Å². The Morgan fingerprint density at radius 1 is 0.926 bits per heavy atom. The molecule has 0 heterocycles. The molecule has 0 aliphatic heterocycles. The van der Waals surface area contributed by atoms with Crippen LogP contribution in [0.5, 0.6) is 11.5 Å². The lowest BCUT2D eigenvalue weighted by molar-refractivity contribution is -0.191. The zero-order chi connectivity index (χ0) is 20.7. The number of aryl methyl sites for hydroxylation is 1. The number of methoxy groups -OCH3 is 2. The fraction of sp³-hybridized carbons (Fsp3) is 0.263. The number of hydrogen-bond donors (Lipinski definition) is 0. The van der Waals surface area contributed by atoms with E-state index in [0.717, 1.165) is 32.4 Å². The van der Waals surface area contributed by atoms with E-state index in [4.69, 9.17) is 19.1 Å². The van der Waals surface area contributed by atoms with E-state index in [2.05, 4.69) is 55.7 Å². The highest BCUT2D eigenvalue weighted by Gasteiger charge is 2.01. The van der Waals surface area contributed by atoms with Gasteiger partial charge in [0.05, 0.1) is 23.2 Å². The van der Waals surface area contributed by atoms with Crippen molar-refractivity contribution in [2.75, 3.05) is 14.2 Å². The molecule has 0 amide bonds. The highest BCUT2D eigenvalue weighted by Crippen LogP contribution is 2.26. The molecule has 0 aliphatic rings. The molecule has 2 aromatic rings. The first-order chi connectivity index (χ1) is 13.0. The van der Waals surface area contributed by atoms with E-state index in [9.17, 15) is 4.79 Å². The van der Waals surface area contributed by atoms with Gasteiger partial charge in [-0.25, -0.2) is 0 Å². The third-order valence-corrected chi connectivity index (χ3v) is 4.40. The Morgan fingerprint density at radius 2 is 1.37 bits per heavy atom. The minimum absolute atomic E-state index is 0.250. The number of hydrogen-bond acceptors (Lipinski definition) is 6. The van der Waals surface area contributed by atoms with Gasteiger partial charge < -0.3 is 14.2 Å². The first kappa shape index (κ1) is 24.8. The zero-order valence-corrected chi connectivity index (χ0v) is 18.3. The van der Waals surface area contributed by atoms with Crippen molar-refractivity contribution in [1.29, 1.82) is 0 Å². The van der Waals surface area contributed by atoms with Crippen molar-refractivity contribution >= 4 is 44.5 Å². The Hall–Kier alpha value is -2.15. The summed E-state index contributed by atoms with van der Waals surface area (Å²) >= 11 is 6.75. The summed E-state index contributed by atoms with van der Waals surface area (Å²) in [6.45, 7) is 2.85. The molecule has 6 nitrogen and oxygen atoms in total. The van der Waals surface area contributed by atoms with E-state index in [1.807, 2.05) is 24.3 Å². The third-order valence-electron chi connectivity index (χ3n) is 3.16. The molecule has 0 spiro atoms. The predicted molar refractivity (Wildman–Crippen MR) is 107 cm³/mol. The standard InChI is InChI=1S/C9H9BrO3.C9H11BrO.CO2/c1-12-9-3-2-7(4-8(9)10)5-13-6-11;1-3-7-4-5-9(11-2)8(10)6-7;2-1-3/h2-4,6H,5H2,1H3;4-6H,3H2,1-2H3;. The van der Waals surface area contributed by atoms with Gasteiger partial charge in [-0.3, -0.25) is 4.79 Å². The molecule has 0 fully saturated rings. The second kappa shape index (κ2) is 15.0. The minimum atomic E-state index is 0.250. The number of rotatable bonds is 6. The lowest BCUT2D eigenvalue weighted by Crippen LogP contribution is -1.91. The summed E-state index contributed by atoms with van der Waals surface area (Å²) in [6, 6.07) is 11.6. The lowest BCUT2D eigenvalue weighted by Gasteiger charge is -2.04. The number of carbonyl (C=O) groups is 1. The highest BCUT2D eigenvalue weighted by atomic mass is 79.9. The smallest absolute Gasteiger partial charge is 0.373 e.